The lowest BCUT2D eigenvalue weighted by Gasteiger charge is -2.19. The van der Waals surface area contributed by atoms with E-state index >= 15 is 0 Å². The summed E-state index contributed by atoms with van der Waals surface area (Å²) in [5.41, 5.74) is 1.09. The summed E-state index contributed by atoms with van der Waals surface area (Å²) in [4.78, 5) is 4.11. The van der Waals surface area contributed by atoms with E-state index in [1.54, 1.807) is 12.1 Å². The Balaban J connectivity index is 2.13. The molecular weight excluding hydrogens is 276 g/mol. The molecule has 2 N–H and O–H groups in total. The number of aromatic nitrogens is 3. The van der Waals surface area contributed by atoms with Gasteiger partial charge in [-0.3, -0.25) is 5.10 Å². The highest BCUT2D eigenvalue weighted by molar-refractivity contribution is 7.89. The molecule has 0 aliphatic rings. The van der Waals surface area contributed by atoms with E-state index in [-0.39, 0.29) is 16.9 Å². The van der Waals surface area contributed by atoms with Crippen LogP contribution in [0.5, 0.6) is 0 Å². The van der Waals surface area contributed by atoms with Crippen LogP contribution < -0.4 is 4.72 Å². The first kappa shape index (κ1) is 14.7. The van der Waals surface area contributed by atoms with Crippen molar-refractivity contribution in [3.63, 3.8) is 0 Å². The predicted molar refractivity (Wildman–Crippen MR) is 75.6 cm³/mol. The maximum Gasteiger partial charge on any atom is 0.240 e. The van der Waals surface area contributed by atoms with E-state index in [0.717, 1.165) is 5.56 Å². The summed E-state index contributed by atoms with van der Waals surface area (Å²) in [5.74, 6) is 0.472. The molecule has 0 unspecified atom stereocenters. The molecule has 20 heavy (non-hydrogen) atoms. The quantitative estimate of drug-likeness (QED) is 0.896. The van der Waals surface area contributed by atoms with Crippen LogP contribution in [-0.4, -0.2) is 23.6 Å². The molecule has 1 aromatic carbocycles. The van der Waals surface area contributed by atoms with Crippen LogP contribution in [0.15, 0.2) is 35.5 Å². The number of hydrogen-bond donors (Lipinski definition) is 2. The molecule has 1 aromatic heterocycles. The molecule has 0 spiro atoms. The van der Waals surface area contributed by atoms with E-state index in [9.17, 15) is 8.42 Å². The second-order valence-electron chi connectivity index (χ2n) is 5.53. The Hall–Kier alpha value is -1.73. The number of aromatic amines is 1. The summed E-state index contributed by atoms with van der Waals surface area (Å²) in [6.45, 7) is 6.33. The molecule has 0 atom stereocenters. The van der Waals surface area contributed by atoms with E-state index in [0.29, 0.717) is 5.82 Å². The van der Waals surface area contributed by atoms with Gasteiger partial charge in [0.1, 0.15) is 12.2 Å². The van der Waals surface area contributed by atoms with Gasteiger partial charge < -0.3 is 0 Å². The lowest BCUT2D eigenvalue weighted by molar-refractivity contribution is 0.576. The van der Waals surface area contributed by atoms with Gasteiger partial charge in [-0.25, -0.2) is 18.1 Å². The first-order valence-corrected chi connectivity index (χ1v) is 7.72. The Morgan fingerprint density at radius 1 is 1.20 bits per heavy atom. The van der Waals surface area contributed by atoms with Crippen molar-refractivity contribution in [3.05, 3.63) is 42.0 Å². The zero-order valence-electron chi connectivity index (χ0n) is 11.7. The summed E-state index contributed by atoms with van der Waals surface area (Å²) < 4.78 is 26.7. The fourth-order valence-corrected chi connectivity index (χ4v) is 2.68. The maximum absolute atomic E-state index is 12.1. The Bertz CT molecular complexity index is 655. The van der Waals surface area contributed by atoms with Gasteiger partial charge in [-0.15, -0.1) is 0 Å². The SMILES string of the molecule is CC(C)(C)c1ccc(S(=O)(=O)NCc2ncn[nH]2)cc1. The number of hydrogen-bond acceptors (Lipinski definition) is 4. The summed E-state index contributed by atoms with van der Waals surface area (Å²) in [6.07, 6.45) is 1.34. The van der Waals surface area contributed by atoms with Gasteiger partial charge in [0, 0.05) is 0 Å². The molecular formula is C13H18N4O2S. The van der Waals surface area contributed by atoms with Gasteiger partial charge in [0.2, 0.25) is 10.0 Å². The van der Waals surface area contributed by atoms with Crippen LogP contribution in [-0.2, 0) is 22.0 Å². The molecule has 0 aliphatic carbocycles. The highest BCUT2D eigenvalue weighted by Gasteiger charge is 2.17. The summed E-state index contributed by atoms with van der Waals surface area (Å²) in [7, 11) is -3.54. The van der Waals surface area contributed by atoms with Crippen LogP contribution in [0.1, 0.15) is 32.2 Å². The lowest BCUT2D eigenvalue weighted by Crippen LogP contribution is -2.24. The van der Waals surface area contributed by atoms with E-state index in [1.807, 2.05) is 12.1 Å². The molecule has 0 fully saturated rings. The normalized spacial score (nSPS) is 12.6. The zero-order chi connectivity index (χ0) is 14.8. The molecule has 1 heterocycles. The number of rotatable bonds is 4. The van der Waals surface area contributed by atoms with Gasteiger partial charge in [0.25, 0.3) is 0 Å². The van der Waals surface area contributed by atoms with Crippen LogP contribution in [0.25, 0.3) is 0 Å². The Morgan fingerprint density at radius 3 is 2.35 bits per heavy atom. The van der Waals surface area contributed by atoms with E-state index < -0.39 is 10.0 Å². The van der Waals surface area contributed by atoms with Crippen molar-refractivity contribution < 1.29 is 8.42 Å². The van der Waals surface area contributed by atoms with Crippen molar-refractivity contribution in [3.8, 4) is 0 Å². The molecule has 0 bridgehead atoms. The molecule has 2 rings (SSSR count). The average molecular weight is 294 g/mol. The molecule has 0 saturated carbocycles. The van der Waals surface area contributed by atoms with Gasteiger partial charge in [-0.05, 0) is 23.1 Å². The van der Waals surface area contributed by atoms with E-state index in [1.165, 1.54) is 6.33 Å². The van der Waals surface area contributed by atoms with Gasteiger partial charge in [0.15, 0.2) is 0 Å². The largest absolute Gasteiger partial charge is 0.262 e. The number of sulfonamides is 1. The molecule has 0 radical (unpaired) electrons. The minimum Gasteiger partial charge on any atom is -0.262 e. The Kier molecular flexibility index (Phi) is 3.92. The second kappa shape index (κ2) is 5.34. The summed E-state index contributed by atoms with van der Waals surface area (Å²) in [5, 5.41) is 6.27. The van der Waals surface area contributed by atoms with Crippen LogP contribution in [0.3, 0.4) is 0 Å². The summed E-state index contributed by atoms with van der Waals surface area (Å²) in [6, 6.07) is 6.90. The average Bonchev–Trinajstić information content (AvgIpc) is 2.89. The number of nitrogens with one attached hydrogen (secondary N) is 2. The molecule has 108 valence electrons. The van der Waals surface area contributed by atoms with Crippen LogP contribution >= 0.6 is 0 Å². The first-order chi connectivity index (χ1) is 9.29. The Labute approximate surface area is 118 Å². The van der Waals surface area contributed by atoms with Gasteiger partial charge in [0.05, 0.1) is 11.4 Å². The smallest absolute Gasteiger partial charge is 0.240 e. The lowest BCUT2D eigenvalue weighted by atomic mass is 9.87. The minimum atomic E-state index is -3.54. The minimum absolute atomic E-state index is 0.00441. The van der Waals surface area contributed by atoms with Crippen molar-refractivity contribution in [2.75, 3.05) is 0 Å². The third kappa shape index (κ3) is 3.43. The molecule has 0 amide bonds. The highest BCUT2D eigenvalue weighted by Crippen LogP contribution is 2.23. The number of H-pyrrole nitrogens is 1. The van der Waals surface area contributed by atoms with Crippen LogP contribution in [0.2, 0.25) is 0 Å². The zero-order valence-corrected chi connectivity index (χ0v) is 12.5. The topological polar surface area (TPSA) is 87.7 Å². The number of nitrogens with zero attached hydrogens (tertiary/aromatic N) is 2. The van der Waals surface area contributed by atoms with Gasteiger partial charge >= 0.3 is 0 Å². The van der Waals surface area contributed by atoms with E-state index in [2.05, 4.69) is 40.7 Å². The van der Waals surface area contributed by atoms with Crippen LogP contribution in [0.4, 0.5) is 0 Å². The molecule has 6 nitrogen and oxygen atoms in total. The number of benzene rings is 1. The molecule has 0 saturated heterocycles. The predicted octanol–water partition coefficient (Wildman–Crippen LogP) is 1.58. The van der Waals surface area contributed by atoms with E-state index in [4.69, 9.17) is 0 Å². The second-order valence-corrected chi connectivity index (χ2v) is 7.30. The van der Waals surface area contributed by atoms with Gasteiger partial charge in [-0.2, -0.15) is 5.10 Å². The van der Waals surface area contributed by atoms with Crippen molar-refractivity contribution in [2.24, 2.45) is 0 Å². The van der Waals surface area contributed by atoms with Crippen molar-refractivity contribution in [1.29, 1.82) is 0 Å². The maximum atomic E-state index is 12.1. The van der Waals surface area contributed by atoms with Crippen LogP contribution in [0, 0.1) is 0 Å². The third-order valence-corrected chi connectivity index (χ3v) is 4.34. The molecule has 0 aliphatic heterocycles. The summed E-state index contributed by atoms with van der Waals surface area (Å²) >= 11 is 0. The fourth-order valence-electron chi connectivity index (χ4n) is 1.70. The first-order valence-electron chi connectivity index (χ1n) is 6.23. The van der Waals surface area contributed by atoms with Crippen molar-refractivity contribution >= 4 is 10.0 Å². The Morgan fingerprint density at radius 2 is 1.85 bits per heavy atom. The standard InChI is InChI=1S/C13H18N4O2S/c1-13(2,3)10-4-6-11(7-5-10)20(18,19)16-8-12-14-9-15-17-12/h4-7,9,16H,8H2,1-3H3,(H,14,15,17). The fraction of sp³-hybridized carbons (Fsp3) is 0.385. The third-order valence-electron chi connectivity index (χ3n) is 2.93. The van der Waals surface area contributed by atoms with Crippen molar-refractivity contribution in [2.45, 2.75) is 37.6 Å². The van der Waals surface area contributed by atoms with Gasteiger partial charge in [-0.1, -0.05) is 32.9 Å². The molecule has 2 aromatic rings. The van der Waals surface area contributed by atoms with Crippen molar-refractivity contribution in [1.82, 2.24) is 19.9 Å². The monoisotopic (exact) mass is 294 g/mol. The highest BCUT2D eigenvalue weighted by atomic mass is 32.2. The molecule has 7 heteroatoms.